The van der Waals surface area contributed by atoms with E-state index in [2.05, 4.69) is 31.3 Å². The summed E-state index contributed by atoms with van der Waals surface area (Å²) >= 11 is 6.37. The Bertz CT molecular complexity index is 384. The quantitative estimate of drug-likeness (QED) is 0.826. The molecule has 2 heteroatoms. The topological polar surface area (TPSA) is 12.0 Å². The third-order valence-electron chi connectivity index (χ3n) is 3.95. The standard InChI is InChI=1S/C14H20ClN/c1-14(2,16-3)11-8-4-6-10-7-5-9-12(15)13(10)11/h5,7,9,11,16H,4,6,8H2,1-3H3. The van der Waals surface area contributed by atoms with Gasteiger partial charge >= 0.3 is 0 Å². The average molecular weight is 238 g/mol. The first-order chi connectivity index (χ1) is 7.56. The highest BCUT2D eigenvalue weighted by Crippen LogP contribution is 2.42. The molecule has 0 radical (unpaired) electrons. The van der Waals surface area contributed by atoms with E-state index in [9.17, 15) is 0 Å². The number of aryl methyl sites for hydroxylation is 1. The summed E-state index contributed by atoms with van der Waals surface area (Å²) < 4.78 is 0. The summed E-state index contributed by atoms with van der Waals surface area (Å²) in [6.07, 6.45) is 3.67. The Balaban J connectivity index is 2.47. The Morgan fingerprint density at radius 1 is 1.38 bits per heavy atom. The van der Waals surface area contributed by atoms with Gasteiger partial charge in [-0.1, -0.05) is 23.7 Å². The fourth-order valence-electron chi connectivity index (χ4n) is 2.73. The van der Waals surface area contributed by atoms with Crippen LogP contribution in [-0.2, 0) is 6.42 Å². The highest BCUT2D eigenvalue weighted by Gasteiger charge is 2.33. The van der Waals surface area contributed by atoms with Crippen molar-refractivity contribution in [1.82, 2.24) is 5.32 Å². The predicted octanol–water partition coefficient (Wildman–Crippen LogP) is 3.76. The van der Waals surface area contributed by atoms with Gasteiger partial charge in [-0.15, -0.1) is 0 Å². The van der Waals surface area contributed by atoms with Gasteiger partial charge in [-0.2, -0.15) is 0 Å². The number of benzene rings is 1. The molecule has 0 saturated carbocycles. The van der Waals surface area contributed by atoms with E-state index >= 15 is 0 Å². The molecule has 1 aromatic rings. The fourth-order valence-corrected chi connectivity index (χ4v) is 3.05. The molecule has 88 valence electrons. The number of rotatable bonds is 2. The summed E-state index contributed by atoms with van der Waals surface area (Å²) in [6, 6.07) is 6.31. The van der Waals surface area contributed by atoms with Crippen molar-refractivity contribution < 1.29 is 0 Å². The number of halogens is 1. The molecule has 0 aromatic heterocycles. The Labute approximate surface area is 103 Å². The molecule has 1 nitrogen and oxygen atoms in total. The van der Waals surface area contributed by atoms with E-state index < -0.39 is 0 Å². The van der Waals surface area contributed by atoms with Crippen LogP contribution in [0.3, 0.4) is 0 Å². The number of hydrogen-bond acceptors (Lipinski definition) is 1. The van der Waals surface area contributed by atoms with Crippen molar-refractivity contribution in [3.8, 4) is 0 Å². The summed E-state index contributed by atoms with van der Waals surface area (Å²) in [6.45, 7) is 4.52. The van der Waals surface area contributed by atoms with E-state index in [0.717, 1.165) is 5.02 Å². The molecule has 1 aliphatic rings. The molecule has 1 unspecified atom stereocenters. The fraction of sp³-hybridized carbons (Fsp3) is 0.571. The van der Waals surface area contributed by atoms with Crippen molar-refractivity contribution in [3.63, 3.8) is 0 Å². The maximum absolute atomic E-state index is 6.37. The van der Waals surface area contributed by atoms with E-state index in [0.29, 0.717) is 5.92 Å². The van der Waals surface area contributed by atoms with E-state index in [4.69, 9.17) is 11.6 Å². The Morgan fingerprint density at radius 3 is 2.81 bits per heavy atom. The van der Waals surface area contributed by atoms with E-state index in [1.54, 1.807) is 0 Å². The largest absolute Gasteiger partial charge is 0.314 e. The van der Waals surface area contributed by atoms with Crippen LogP contribution < -0.4 is 5.32 Å². The third kappa shape index (κ3) is 1.99. The smallest absolute Gasteiger partial charge is 0.0444 e. The maximum Gasteiger partial charge on any atom is 0.0444 e. The molecule has 2 rings (SSSR count). The molecule has 1 atom stereocenters. The first-order valence-electron chi connectivity index (χ1n) is 6.02. The summed E-state index contributed by atoms with van der Waals surface area (Å²) in [5.41, 5.74) is 2.92. The SMILES string of the molecule is CNC(C)(C)C1CCCc2cccc(Cl)c21. The number of fused-ring (bicyclic) bond motifs is 1. The van der Waals surface area contributed by atoms with Gasteiger partial charge in [0, 0.05) is 16.5 Å². The van der Waals surface area contributed by atoms with Gasteiger partial charge in [0.2, 0.25) is 0 Å². The van der Waals surface area contributed by atoms with Gasteiger partial charge in [0.15, 0.2) is 0 Å². The van der Waals surface area contributed by atoms with Gasteiger partial charge in [-0.25, -0.2) is 0 Å². The second kappa shape index (κ2) is 4.38. The first-order valence-corrected chi connectivity index (χ1v) is 6.40. The Hall–Kier alpha value is -0.530. The van der Waals surface area contributed by atoms with Crippen molar-refractivity contribution in [1.29, 1.82) is 0 Å². The molecule has 0 amide bonds. The minimum absolute atomic E-state index is 0.111. The molecule has 0 saturated heterocycles. The summed E-state index contributed by atoms with van der Waals surface area (Å²) in [5, 5.41) is 4.36. The zero-order valence-corrected chi connectivity index (χ0v) is 11.1. The van der Waals surface area contributed by atoms with Crippen molar-refractivity contribution >= 4 is 11.6 Å². The normalized spacial score (nSPS) is 20.6. The summed E-state index contributed by atoms with van der Waals surface area (Å²) in [4.78, 5) is 0. The molecule has 1 aliphatic carbocycles. The molecule has 1 N–H and O–H groups in total. The van der Waals surface area contributed by atoms with Crippen LogP contribution in [0.5, 0.6) is 0 Å². The first kappa shape index (κ1) is 11.9. The Morgan fingerprint density at radius 2 is 2.12 bits per heavy atom. The van der Waals surface area contributed by atoms with Gasteiger partial charge in [-0.3, -0.25) is 0 Å². The molecular weight excluding hydrogens is 218 g/mol. The van der Waals surface area contributed by atoms with Gasteiger partial charge < -0.3 is 5.32 Å². The molecule has 0 heterocycles. The van der Waals surface area contributed by atoms with Crippen LogP contribution in [0.25, 0.3) is 0 Å². The average Bonchev–Trinajstić information content (AvgIpc) is 2.29. The lowest BCUT2D eigenvalue weighted by molar-refractivity contribution is 0.313. The molecule has 0 bridgehead atoms. The van der Waals surface area contributed by atoms with Gasteiger partial charge in [0.25, 0.3) is 0 Å². The lowest BCUT2D eigenvalue weighted by atomic mass is 9.73. The van der Waals surface area contributed by atoms with Crippen molar-refractivity contribution in [2.24, 2.45) is 0 Å². The van der Waals surface area contributed by atoms with E-state index in [1.807, 2.05) is 13.1 Å². The number of likely N-dealkylation sites (N-methyl/N-ethyl adjacent to an activating group) is 1. The molecule has 0 spiro atoms. The monoisotopic (exact) mass is 237 g/mol. The van der Waals surface area contributed by atoms with Crippen molar-refractivity contribution in [3.05, 3.63) is 34.3 Å². The molecule has 0 aliphatic heterocycles. The minimum Gasteiger partial charge on any atom is -0.314 e. The second-order valence-electron chi connectivity index (χ2n) is 5.23. The minimum atomic E-state index is 0.111. The maximum atomic E-state index is 6.37. The molecule has 1 aromatic carbocycles. The van der Waals surface area contributed by atoms with Crippen molar-refractivity contribution in [2.75, 3.05) is 7.05 Å². The highest BCUT2D eigenvalue weighted by atomic mass is 35.5. The molecule has 0 fully saturated rings. The zero-order valence-electron chi connectivity index (χ0n) is 10.3. The van der Waals surface area contributed by atoms with Gasteiger partial charge in [-0.05, 0) is 57.4 Å². The van der Waals surface area contributed by atoms with Crippen LogP contribution in [0.15, 0.2) is 18.2 Å². The summed E-state index contributed by atoms with van der Waals surface area (Å²) in [5.74, 6) is 0.523. The lowest BCUT2D eigenvalue weighted by Gasteiger charge is -2.38. The van der Waals surface area contributed by atoms with Crippen LogP contribution in [0, 0.1) is 0 Å². The van der Waals surface area contributed by atoms with Crippen LogP contribution in [0.1, 0.15) is 43.7 Å². The van der Waals surface area contributed by atoms with E-state index in [-0.39, 0.29) is 5.54 Å². The third-order valence-corrected chi connectivity index (χ3v) is 4.28. The van der Waals surface area contributed by atoms with Crippen LogP contribution in [0.2, 0.25) is 5.02 Å². The zero-order chi connectivity index (χ0) is 11.8. The van der Waals surface area contributed by atoms with E-state index in [1.165, 1.54) is 30.4 Å². The lowest BCUT2D eigenvalue weighted by Crippen LogP contribution is -2.43. The van der Waals surface area contributed by atoms with Gasteiger partial charge in [0.05, 0.1) is 0 Å². The summed E-state index contributed by atoms with van der Waals surface area (Å²) in [7, 11) is 2.03. The van der Waals surface area contributed by atoms with Crippen molar-refractivity contribution in [2.45, 2.75) is 44.6 Å². The molecule has 16 heavy (non-hydrogen) atoms. The second-order valence-corrected chi connectivity index (χ2v) is 5.64. The number of nitrogens with one attached hydrogen (secondary N) is 1. The highest BCUT2D eigenvalue weighted by molar-refractivity contribution is 6.31. The Kier molecular flexibility index (Phi) is 3.27. The van der Waals surface area contributed by atoms with Gasteiger partial charge in [0.1, 0.15) is 0 Å². The van der Waals surface area contributed by atoms with Crippen LogP contribution in [0.4, 0.5) is 0 Å². The van der Waals surface area contributed by atoms with Crippen LogP contribution >= 0.6 is 11.6 Å². The van der Waals surface area contributed by atoms with Crippen LogP contribution in [-0.4, -0.2) is 12.6 Å². The predicted molar refractivity (Wildman–Crippen MR) is 70.3 cm³/mol. The molecular formula is C14H20ClN. The number of hydrogen-bond donors (Lipinski definition) is 1.